The Morgan fingerprint density at radius 3 is 1.10 bits per heavy atom. The Labute approximate surface area is 503 Å². The van der Waals surface area contributed by atoms with Gasteiger partial charge in [-0.05, 0) is 78.4 Å². The third-order valence-corrected chi connectivity index (χ3v) is 14.8. The van der Waals surface area contributed by atoms with Crippen LogP contribution < -0.4 is 0 Å². The molecule has 0 bridgehead atoms. The first-order valence-corrected chi connectivity index (χ1v) is 33.3. The monoisotopic (exact) mass is 1180 g/mol. The molecule has 17 heteroatoms. The van der Waals surface area contributed by atoms with Crippen molar-refractivity contribution in [2.24, 2.45) is 11.8 Å². The molecule has 1 amide bonds. The number of amides is 1. The van der Waals surface area contributed by atoms with E-state index in [4.69, 9.17) is 33.2 Å². The molecular weight excluding hydrogens is 1060 g/mol. The summed E-state index contributed by atoms with van der Waals surface area (Å²) in [5, 5.41) is 0. The average Bonchev–Trinajstić information content (AvgIpc) is 3.48. The van der Waals surface area contributed by atoms with E-state index < -0.39 is 91.6 Å². The molecule has 0 spiro atoms. The van der Waals surface area contributed by atoms with E-state index in [1.54, 1.807) is 0 Å². The second-order valence-electron chi connectivity index (χ2n) is 23.0. The number of ether oxygens (including phenoxy) is 7. The van der Waals surface area contributed by atoms with Crippen molar-refractivity contribution >= 4 is 47.7 Å². The van der Waals surface area contributed by atoms with Crippen LogP contribution in [0.3, 0.4) is 0 Å². The summed E-state index contributed by atoms with van der Waals surface area (Å²) in [5.41, 5.74) is 0. The maximum atomic E-state index is 14.6. The summed E-state index contributed by atoms with van der Waals surface area (Å²) in [6.07, 6.45) is 29.3. The van der Waals surface area contributed by atoms with Gasteiger partial charge < -0.3 is 43.0 Å². The van der Waals surface area contributed by atoms with Crippen LogP contribution in [0.1, 0.15) is 286 Å². The molecule has 0 saturated carbocycles. The van der Waals surface area contributed by atoms with Crippen LogP contribution >= 0.6 is 0 Å². The highest BCUT2D eigenvalue weighted by atomic mass is 16.6. The molecule has 0 aromatic carbocycles. The van der Waals surface area contributed by atoms with Gasteiger partial charge in [0.15, 0.2) is 11.8 Å². The molecule has 0 N–H and O–H groups in total. The Morgan fingerprint density at radius 2 is 0.687 bits per heavy atom. The summed E-state index contributed by atoms with van der Waals surface area (Å²) >= 11 is 0. The van der Waals surface area contributed by atoms with Crippen LogP contribution in [0.25, 0.3) is 0 Å². The summed E-state index contributed by atoms with van der Waals surface area (Å²) in [7, 11) is 3.92. The van der Waals surface area contributed by atoms with Gasteiger partial charge in [0.2, 0.25) is 5.91 Å². The number of carbonyl (C=O) groups excluding carboxylic acids is 8. The van der Waals surface area contributed by atoms with Crippen LogP contribution in [-0.2, 0) is 71.5 Å². The van der Waals surface area contributed by atoms with Gasteiger partial charge in [-0.3, -0.25) is 38.4 Å². The number of nitrogens with zero attached hydrogens (tertiary/aromatic N) is 2. The molecular formula is C66H120N2O15. The first-order valence-electron chi connectivity index (χ1n) is 33.3. The summed E-state index contributed by atoms with van der Waals surface area (Å²) in [6, 6.07) is -1.22. The van der Waals surface area contributed by atoms with E-state index in [0.717, 1.165) is 141 Å². The number of unbranched alkanes of at least 4 members (excludes halogenated alkanes) is 25. The summed E-state index contributed by atoms with van der Waals surface area (Å²) in [6.45, 7) is 12.6. The maximum absolute atomic E-state index is 14.6. The quantitative estimate of drug-likeness (QED) is 0.0240. The lowest BCUT2D eigenvalue weighted by atomic mass is 10.1. The van der Waals surface area contributed by atoms with E-state index >= 15 is 0 Å². The van der Waals surface area contributed by atoms with Gasteiger partial charge in [0.1, 0.15) is 19.3 Å². The Balaban J connectivity index is 6.98. The molecule has 484 valence electrons. The van der Waals surface area contributed by atoms with Crippen molar-refractivity contribution in [1.82, 2.24) is 9.80 Å². The molecule has 0 saturated heterocycles. The predicted octanol–water partition coefficient (Wildman–Crippen LogP) is 14.1. The Hall–Kier alpha value is -4.28. The predicted molar refractivity (Wildman–Crippen MR) is 326 cm³/mol. The highest BCUT2D eigenvalue weighted by molar-refractivity contribution is 5.99. The lowest BCUT2D eigenvalue weighted by Gasteiger charge is -2.32. The molecule has 0 aliphatic heterocycles. The second-order valence-corrected chi connectivity index (χ2v) is 23.0. The number of rotatable bonds is 58. The van der Waals surface area contributed by atoms with E-state index in [1.165, 1.54) is 43.4 Å². The number of esters is 7. The molecule has 0 aliphatic rings. The molecule has 17 nitrogen and oxygen atoms in total. The average molecular weight is 1180 g/mol. The number of hydrogen-bond donors (Lipinski definition) is 0. The second kappa shape index (κ2) is 55.6. The van der Waals surface area contributed by atoms with Gasteiger partial charge in [-0.15, -0.1) is 0 Å². The molecule has 0 fully saturated rings. The van der Waals surface area contributed by atoms with Crippen LogP contribution in [-0.4, -0.2) is 136 Å². The van der Waals surface area contributed by atoms with Crippen LogP contribution in [0.2, 0.25) is 0 Å². The lowest BCUT2D eigenvalue weighted by Crippen LogP contribution is -2.48. The fourth-order valence-corrected chi connectivity index (χ4v) is 9.59. The van der Waals surface area contributed by atoms with Crippen molar-refractivity contribution in [3.8, 4) is 0 Å². The largest absolute Gasteiger partial charge is 0.466 e. The Morgan fingerprint density at radius 1 is 0.337 bits per heavy atom. The smallest absolute Gasteiger partial charge is 0.321 e. The Kier molecular flexibility index (Phi) is 52.7. The van der Waals surface area contributed by atoms with E-state index in [1.807, 2.05) is 25.9 Å². The third kappa shape index (κ3) is 44.8. The number of hydrogen-bond acceptors (Lipinski definition) is 16. The summed E-state index contributed by atoms with van der Waals surface area (Å²) in [4.78, 5) is 114. The molecule has 0 aliphatic carbocycles. The van der Waals surface area contributed by atoms with Gasteiger partial charge in [-0.2, -0.15) is 0 Å². The van der Waals surface area contributed by atoms with E-state index in [9.17, 15) is 38.4 Å². The van der Waals surface area contributed by atoms with Crippen LogP contribution in [0.4, 0.5) is 0 Å². The topological polar surface area (TPSA) is 208 Å². The fourth-order valence-electron chi connectivity index (χ4n) is 9.59. The molecule has 3 atom stereocenters. The summed E-state index contributed by atoms with van der Waals surface area (Å²) < 4.78 is 39.8. The molecule has 0 aromatic heterocycles. The van der Waals surface area contributed by atoms with E-state index in [-0.39, 0.29) is 51.9 Å². The number of carbonyl (C=O) groups is 8. The van der Waals surface area contributed by atoms with Crippen molar-refractivity contribution in [3.05, 3.63) is 0 Å². The minimum Gasteiger partial charge on any atom is -0.466 e. The third-order valence-electron chi connectivity index (χ3n) is 14.8. The van der Waals surface area contributed by atoms with Crippen molar-refractivity contribution in [2.75, 3.05) is 66.8 Å². The van der Waals surface area contributed by atoms with E-state index in [2.05, 4.69) is 34.6 Å². The molecule has 0 radical (unpaired) electrons. The maximum Gasteiger partial charge on any atom is 0.321 e. The molecule has 0 aromatic rings. The van der Waals surface area contributed by atoms with Crippen molar-refractivity contribution in [3.63, 3.8) is 0 Å². The highest BCUT2D eigenvalue weighted by Crippen LogP contribution is 2.20. The van der Waals surface area contributed by atoms with Crippen molar-refractivity contribution < 1.29 is 71.5 Å². The van der Waals surface area contributed by atoms with Gasteiger partial charge in [0.05, 0.1) is 51.7 Å². The molecule has 0 rings (SSSR count). The fraction of sp³-hybridized carbons (Fsp3) is 0.879. The van der Waals surface area contributed by atoms with Gasteiger partial charge in [0, 0.05) is 13.0 Å². The summed E-state index contributed by atoms with van der Waals surface area (Å²) in [5.74, 6) is -10.1. The van der Waals surface area contributed by atoms with Gasteiger partial charge >= 0.3 is 41.8 Å². The molecule has 83 heavy (non-hydrogen) atoms. The molecule has 0 heterocycles. The first-order chi connectivity index (χ1) is 40.2. The normalized spacial score (nSPS) is 12.7. The minimum atomic E-state index is -1.70. The Bertz CT molecular complexity index is 1590. The van der Waals surface area contributed by atoms with Crippen LogP contribution in [0.5, 0.6) is 0 Å². The van der Waals surface area contributed by atoms with Gasteiger partial charge in [-0.25, -0.2) is 0 Å². The highest BCUT2D eigenvalue weighted by Gasteiger charge is 2.37. The lowest BCUT2D eigenvalue weighted by molar-refractivity contribution is -0.171. The first kappa shape index (κ1) is 78.7. The standard InChI is InChI=1S/C66H120N2O15/c1-9-15-20-25-27-29-31-39-47-77-61(71)51-57(63(73)79-49-37-23-18-12-4)65(75)81-53-55(68(46-36-33-35-45-67(7)8)59(69)43-44-60(70)83-56(41-14-6)42-34-22-17-11-3)54-82-66(76)58(64(74)80-50-38-24-19-13-5)52-62(72)78-48-40-32-30-28-26-21-16-10-2/h55-58H,9-54H2,1-8H3. The van der Waals surface area contributed by atoms with Gasteiger partial charge in [0.25, 0.3) is 0 Å². The van der Waals surface area contributed by atoms with Crippen molar-refractivity contribution in [1.29, 1.82) is 0 Å². The van der Waals surface area contributed by atoms with Crippen molar-refractivity contribution in [2.45, 2.75) is 298 Å². The van der Waals surface area contributed by atoms with Crippen LogP contribution in [0.15, 0.2) is 0 Å². The zero-order valence-electron chi connectivity index (χ0n) is 53.9. The SMILES string of the molecule is CCCCCCCCCCOC(=O)CC(C(=O)OCCCCCC)C(=O)OCC(COC(=O)C(CC(=O)OCCCCCCCCCC)C(=O)OCCCCCC)N(CCCCCN(C)C)C(=O)CCC(=O)OC(CCC)CCCCCC. The van der Waals surface area contributed by atoms with Crippen LogP contribution in [0, 0.1) is 11.8 Å². The van der Waals surface area contributed by atoms with E-state index in [0.29, 0.717) is 44.9 Å². The minimum absolute atomic E-state index is 0.0279. The zero-order chi connectivity index (χ0) is 61.6. The van der Waals surface area contributed by atoms with Gasteiger partial charge in [-0.1, -0.05) is 202 Å². The molecule has 3 unspecified atom stereocenters. The zero-order valence-corrected chi connectivity index (χ0v) is 53.9.